The predicted molar refractivity (Wildman–Crippen MR) is 92.3 cm³/mol. The second-order valence-corrected chi connectivity index (χ2v) is 7.54. The lowest BCUT2D eigenvalue weighted by molar-refractivity contribution is -0.137. The van der Waals surface area contributed by atoms with E-state index in [0.29, 0.717) is 18.9 Å². The molecule has 3 aliphatic rings. The molecule has 4 atom stereocenters. The zero-order valence-electron chi connectivity index (χ0n) is 14.6. The van der Waals surface area contributed by atoms with Crippen molar-refractivity contribution in [2.45, 2.75) is 63.6 Å². The van der Waals surface area contributed by atoms with Gasteiger partial charge in [-0.2, -0.15) is 0 Å². The molecule has 2 saturated carbocycles. The quantitative estimate of drug-likeness (QED) is 0.289. The highest BCUT2D eigenvalue weighted by Crippen LogP contribution is 2.48. The number of fused-ring (bicyclic) bond motifs is 1. The molecule has 3 rings (SSSR count). The average Bonchev–Trinajstić information content (AvgIpc) is 3.17. The number of rotatable bonds is 9. The van der Waals surface area contributed by atoms with E-state index < -0.39 is 12.1 Å². The van der Waals surface area contributed by atoms with E-state index in [1.807, 2.05) is 12.2 Å². The van der Waals surface area contributed by atoms with Crippen LogP contribution in [0.15, 0.2) is 23.4 Å². The molecule has 140 valence electrons. The molecule has 0 heterocycles. The lowest BCUT2D eigenvalue weighted by Crippen LogP contribution is -2.32. The molecule has 25 heavy (non-hydrogen) atoms. The number of hydrogen-bond acceptors (Lipinski definition) is 5. The lowest BCUT2D eigenvalue weighted by atomic mass is 9.83. The second kappa shape index (κ2) is 8.34. The van der Waals surface area contributed by atoms with Crippen LogP contribution in [0.3, 0.4) is 0 Å². The number of aliphatic carboxylic acids is 1. The number of carboxylic acids is 1. The maximum atomic E-state index is 10.4. The largest absolute Gasteiger partial charge is 0.481 e. The van der Waals surface area contributed by atoms with E-state index >= 15 is 0 Å². The van der Waals surface area contributed by atoms with Crippen LogP contribution in [-0.2, 0) is 9.63 Å². The summed E-state index contributed by atoms with van der Waals surface area (Å²) in [6, 6.07) is 0. The summed E-state index contributed by atoms with van der Waals surface area (Å²) in [5, 5.41) is 29.3. The molecule has 0 spiro atoms. The van der Waals surface area contributed by atoms with E-state index in [0.717, 1.165) is 31.4 Å². The summed E-state index contributed by atoms with van der Waals surface area (Å²) in [5.74, 6) is -0.199. The molecule has 0 amide bonds. The summed E-state index contributed by atoms with van der Waals surface area (Å²) < 4.78 is 0. The van der Waals surface area contributed by atoms with Gasteiger partial charge < -0.3 is 15.3 Å². The average molecular weight is 351 g/mol. The second-order valence-electron chi connectivity index (χ2n) is 7.54. The molecule has 0 aromatic carbocycles. The Hall–Kier alpha value is -1.37. The van der Waals surface area contributed by atoms with E-state index in [-0.39, 0.29) is 24.4 Å². The van der Waals surface area contributed by atoms with Gasteiger partial charge in [-0.25, -0.2) is 0 Å². The zero-order chi connectivity index (χ0) is 17.8. The van der Waals surface area contributed by atoms with E-state index in [1.165, 1.54) is 18.4 Å². The van der Waals surface area contributed by atoms with Crippen molar-refractivity contribution in [1.82, 2.24) is 5.48 Å². The van der Waals surface area contributed by atoms with Gasteiger partial charge in [0.2, 0.25) is 0 Å². The van der Waals surface area contributed by atoms with E-state index in [4.69, 9.17) is 9.94 Å². The van der Waals surface area contributed by atoms with Crippen molar-refractivity contribution in [3.8, 4) is 0 Å². The summed E-state index contributed by atoms with van der Waals surface area (Å²) >= 11 is 0. The minimum absolute atomic E-state index is 0.0577. The van der Waals surface area contributed by atoms with E-state index in [2.05, 4.69) is 5.48 Å². The zero-order valence-corrected chi connectivity index (χ0v) is 14.6. The summed E-state index contributed by atoms with van der Waals surface area (Å²) in [6.45, 7) is 0.354. The first-order chi connectivity index (χ1) is 12.1. The molecule has 4 N–H and O–H groups in total. The van der Waals surface area contributed by atoms with Gasteiger partial charge in [-0.05, 0) is 43.6 Å². The number of carboxylic acid groups (broad SMARTS) is 1. The molecule has 6 nitrogen and oxygen atoms in total. The molecule has 3 aliphatic carbocycles. The van der Waals surface area contributed by atoms with Crippen molar-refractivity contribution < 1.29 is 25.0 Å². The first-order valence-corrected chi connectivity index (χ1v) is 9.42. The number of aliphatic hydroxyl groups excluding tert-OH is 2. The van der Waals surface area contributed by atoms with Crippen LogP contribution < -0.4 is 5.48 Å². The third-order valence-electron chi connectivity index (χ3n) is 5.84. The number of aliphatic hydroxyl groups is 2. The summed E-state index contributed by atoms with van der Waals surface area (Å²) in [4.78, 5) is 15.8. The minimum Gasteiger partial charge on any atom is -0.481 e. The maximum absolute atomic E-state index is 10.4. The monoisotopic (exact) mass is 351 g/mol. The van der Waals surface area contributed by atoms with E-state index in [1.54, 1.807) is 0 Å². The Morgan fingerprint density at radius 2 is 2.08 bits per heavy atom. The summed E-state index contributed by atoms with van der Waals surface area (Å²) in [5.41, 5.74) is 5.14. The van der Waals surface area contributed by atoms with Crippen LogP contribution in [0.2, 0.25) is 0 Å². The number of hydroxylamine groups is 1. The van der Waals surface area contributed by atoms with Crippen LogP contribution in [0.1, 0.15) is 51.4 Å². The van der Waals surface area contributed by atoms with Crippen molar-refractivity contribution in [3.05, 3.63) is 23.4 Å². The smallest absolute Gasteiger partial charge is 0.303 e. The molecular weight excluding hydrogens is 322 g/mol. The van der Waals surface area contributed by atoms with Gasteiger partial charge in [-0.15, -0.1) is 0 Å². The fourth-order valence-electron chi connectivity index (χ4n) is 4.28. The van der Waals surface area contributed by atoms with Gasteiger partial charge in [0.25, 0.3) is 0 Å². The molecule has 0 aliphatic heterocycles. The van der Waals surface area contributed by atoms with Crippen LogP contribution in [0.5, 0.6) is 0 Å². The Morgan fingerprint density at radius 3 is 2.80 bits per heavy atom. The molecular formula is C19H29NO5. The Bertz CT molecular complexity index is 538. The summed E-state index contributed by atoms with van der Waals surface area (Å²) in [7, 11) is 0. The van der Waals surface area contributed by atoms with Gasteiger partial charge in [0.05, 0.1) is 18.8 Å². The van der Waals surface area contributed by atoms with Crippen LogP contribution >= 0.6 is 0 Å². The molecule has 0 aromatic rings. The summed E-state index contributed by atoms with van der Waals surface area (Å²) in [6.07, 6.45) is 9.83. The van der Waals surface area contributed by atoms with Gasteiger partial charge in [-0.1, -0.05) is 25.0 Å². The van der Waals surface area contributed by atoms with Crippen LogP contribution in [0.4, 0.5) is 0 Å². The van der Waals surface area contributed by atoms with Crippen molar-refractivity contribution in [2.24, 2.45) is 17.8 Å². The fraction of sp³-hybridized carbons (Fsp3) is 0.737. The van der Waals surface area contributed by atoms with Gasteiger partial charge in [0.15, 0.2) is 0 Å². The van der Waals surface area contributed by atoms with Crippen molar-refractivity contribution in [2.75, 3.05) is 6.61 Å². The normalized spacial score (nSPS) is 30.6. The number of hydrogen-bond donors (Lipinski definition) is 4. The Balaban J connectivity index is 1.45. The SMILES string of the molecule is O=C(O)CCCONC1=C2CC(C=CC(O)C3CCCC3)C(O)[C@@H]2C1. The third-order valence-corrected chi connectivity index (χ3v) is 5.84. The molecule has 0 bridgehead atoms. The van der Waals surface area contributed by atoms with Gasteiger partial charge in [0, 0.05) is 24.0 Å². The topological polar surface area (TPSA) is 99.0 Å². The third kappa shape index (κ3) is 4.43. The predicted octanol–water partition coefficient (Wildman–Crippen LogP) is 2.13. The standard InChI is InChI=1S/C19H29NO5/c21-17(12-4-1-2-5-12)8-7-13-10-14-15(19(13)24)11-16(14)20-25-9-3-6-18(22)23/h7-8,12-13,15,17,19-21,24H,1-6,9-11H2,(H,22,23)/t13?,15-,17?,19?/m1/s1. The first kappa shape index (κ1) is 18.4. The van der Waals surface area contributed by atoms with Gasteiger partial charge in [0.1, 0.15) is 0 Å². The molecule has 2 fully saturated rings. The highest BCUT2D eigenvalue weighted by molar-refractivity contribution is 5.66. The molecule has 6 heteroatoms. The van der Waals surface area contributed by atoms with E-state index in [9.17, 15) is 15.0 Å². The Kier molecular flexibility index (Phi) is 6.15. The van der Waals surface area contributed by atoms with Crippen molar-refractivity contribution in [3.63, 3.8) is 0 Å². The van der Waals surface area contributed by atoms with Crippen LogP contribution in [0.25, 0.3) is 0 Å². The molecule has 3 unspecified atom stereocenters. The van der Waals surface area contributed by atoms with Gasteiger partial charge in [-0.3, -0.25) is 15.1 Å². The number of nitrogens with one attached hydrogen (secondary N) is 1. The Labute approximate surface area is 148 Å². The minimum atomic E-state index is -0.817. The fourth-order valence-corrected chi connectivity index (χ4v) is 4.28. The highest BCUT2D eigenvalue weighted by Gasteiger charge is 2.45. The Morgan fingerprint density at radius 1 is 1.32 bits per heavy atom. The van der Waals surface area contributed by atoms with Crippen LogP contribution in [0, 0.1) is 17.8 Å². The number of carbonyl (C=O) groups is 1. The number of allylic oxidation sites excluding steroid dienone is 1. The highest BCUT2D eigenvalue weighted by atomic mass is 16.6. The molecule has 0 saturated heterocycles. The lowest BCUT2D eigenvalue weighted by Gasteiger charge is -2.30. The van der Waals surface area contributed by atoms with Crippen molar-refractivity contribution >= 4 is 5.97 Å². The van der Waals surface area contributed by atoms with Crippen LogP contribution in [-0.4, -0.2) is 40.1 Å². The molecule has 0 radical (unpaired) electrons. The maximum Gasteiger partial charge on any atom is 0.303 e. The first-order valence-electron chi connectivity index (χ1n) is 9.42. The van der Waals surface area contributed by atoms with Crippen molar-refractivity contribution in [1.29, 1.82) is 0 Å². The van der Waals surface area contributed by atoms with Gasteiger partial charge >= 0.3 is 5.97 Å². The molecule has 0 aromatic heterocycles.